The van der Waals surface area contributed by atoms with Crippen LogP contribution in [0.3, 0.4) is 0 Å². The Bertz CT molecular complexity index is 366. The Hall–Kier alpha value is -1.10. The zero-order valence-electron chi connectivity index (χ0n) is 8.27. The minimum Gasteiger partial charge on any atom is -0.393 e. The van der Waals surface area contributed by atoms with E-state index in [1.54, 1.807) is 28.6 Å². The molecular weight excluding hydrogens is 198 g/mol. The van der Waals surface area contributed by atoms with Crippen LogP contribution >= 0.6 is 12.2 Å². The predicted molar refractivity (Wildman–Crippen MR) is 60.3 cm³/mol. The second-order valence-corrected chi connectivity index (χ2v) is 3.83. The lowest BCUT2D eigenvalue weighted by atomic mass is 10.2. The number of hydrogen-bond donors (Lipinski definition) is 1. The number of nitrogens with two attached hydrogens (primary N) is 1. The van der Waals surface area contributed by atoms with E-state index in [9.17, 15) is 4.79 Å². The summed E-state index contributed by atoms with van der Waals surface area (Å²) in [5, 5.41) is 0. The van der Waals surface area contributed by atoms with Crippen molar-refractivity contribution in [3.8, 4) is 0 Å². The first-order chi connectivity index (χ1) is 6.61. The van der Waals surface area contributed by atoms with E-state index in [0.717, 1.165) is 25.8 Å². The summed E-state index contributed by atoms with van der Waals surface area (Å²) in [6.07, 6.45) is 6.19. The topological polar surface area (TPSA) is 52.9 Å². The van der Waals surface area contributed by atoms with Crippen molar-refractivity contribution in [3.63, 3.8) is 0 Å². The molecular formula is C9H15N3OS. The molecule has 0 saturated carbocycles. The van der Waals surface area contributed by atoms with E-state index in [1.807, 2.05) is 0 Å². The van der Waals surface area contributed by atoms with Gasteiger partial charge in [0, 0.05) is 26.0 Å². The molecule has 0 spiro atoms. The van der Waals surface area contributed by atoms with E-state index < -0.39 is 0 Å². The van der Waals surface area contributed by atoms with Crippen LogP contribution in [0.4, 0.5) is 0 Å². The molecule has 0 radical (unpaired) electrons. The van der Waals surface area contributed by atoms with E-state index in [-0.39, 0.29) is 5.69 Å². The van der Waals surface area contributed by atoms with Crippen molar-refractivity contribution in [2.45, 2.75) is 25.8 Å². The van der Waals surface area contributed by atoms with Gasteiger partial charge in [-0.1, -0.05) is 12.2 Å². The molecule has 78 valence electrons. The summed E-state index contributed by atoms with van der Waals surface area (Å²) < 4.78 is 3.26. The van der Waals surface area contributed by atoms with Crippen LogP contribution < -0.4 is 11.4 Å². The van der Waals surface area contributed by atoms with E-state index >= 15 is 0 Å². The second-order valence-electron chi connectivity index (χ2n) is 3.31. The molecule has 0 aliphatic rings. The van der Waals surface area contributed by atoms with Crippen LogP contribution in [0.5, 0.6) is 0 Å². The van der Waals surface area contributed by atoms with Crippen LogP contribution in [0.25, 0.3) is 0 Å². The average Bonchev–Trinajstić information content (AvgIpc) is 2.43. The molecule has 0 atom stereocenters. The van der Waals surface area contributed by atoms with Gasteiger partial charge >= 0.3 is 5.69 Å². The summed E-state index contributed by atoms with van der Waals surface area (Å²) in [5.41, 5.74) is 5.39. The lowest BCUT2D eigenvalue weighted by molar-refractivity contribution is 0.593. The van der Waals surface area contributed by atoms with Gasteiger partial charge in [-0.15, -0.1) is 0 Å². The van der Waals surface area contributed by atoms with Crippen molar-refractivity contribution in [2.75, 3.05) is 0 Å². The minimum atomic E-state index is 0.0281. The fraction of sp³-hybridized carbons (Fsp3) is 0.556. The molecule has 5 heteroatoms. The number of rotatable bonds is 5. The predicted octanol–water partition coefficient (Wildman–Crippen LogP) is 0.643. The first-order valence-corrected chi connectivity index (χ1v) is 5.02. The fourth-order valence-corrected chi connectivity index (χ4v) is 1.41. The maximum atomic E-state index is 11.4. The molecule has 0 aliphatic carbocycles. The molecule has 1 aromatic rings. The van der Waals surface area contributed by atoms with Crippen LogP contribution in [-0.4, -0.2) is 14.1 Å². The van der Waals surface area contributed by atoms with Gasteiger partial charge in [-0.2, -0.15) is 0 Å². The lowest BCUT2D eigenvalue weighted by Crippen LogP contribution is -2.22. The molecule has 0 aliphatic heterocycles. The van der Waals surface area contributed by atoms with Gasteiger partial charge in [0.25, 0.3) is 0 Å². The normalized spacial score (nSPS) is 10.4. The first kappa shape index (κ1) is 11.0. The SMILES string of the molecule is Cn1ccn(CCCCC(N)=S)c1=O. The second kappa shape index (κ2) is 4.95. The number of imidazole rings is 1. The third-order valence-corrected chi connectivity index (χ3v) is 2.29. The van der Waals surface area contributed by atoms with Gasteiger partial charge in [-0.05, 0) is 19.3 Å². The minimum absolute atomic E-state index is 0.0281. The van der Waals surface area contributed by atoms with Gasteiger partial charge in [0.1, 0.15) is 0 Å². The first-order valence-electron chi connectivity index (χ1n) is 4.61. The lowest BCUT2D eigenvalue weighted by Gasteiger charge is -2.00. The molecule has 0 saturated heterocycles. The van der Waals surface area contributed by atoms with Gasteiger partial charge in [0.05, 0.1) is 4.99 Å². The van der Waals surface area contributed by atoms with Crippen molar-refractivity contribution in [2.24, 2.45) is 12.8 Å². The van der Waals surface area contributed by atoms with Crippen molar-refractivity contribution < 1.29 is 0 Å². The summed E-state index contributed by atoms with van der Waals surface area (Å²) in [6, 6.07) is 0. The highest BCUT2D eigenvalue weighted by molar-refractivity contribution is 7.80. The number of hydrogen-bond acceptors (Lipinski definition) is 2. The standard InChI is InChI=1S/C9H15N3OS/c1-11-6-7-12(9(11)13)5-3-2-4-8(10)14/h6-7H,2-5H2,1H3,(H2,10,14). The quantitative estimate of drug-likeness (QED) is 0.577. The number of thiocarbonyl (C=S) groups is 1. The molecule has 2 N–H and O–H groups in total. The number of aromatic nitrogens is 2. The summed E-state index contributed by atoms with van der Waals surface area (Å²) in [4.78, 5) is 11.9. The third-order valence-electron chi connectivity index (χ3n) is 2.09. The van der Waals surface area contributed by atoms with Crippen LogP contribution in [0.15, 0.2) is 17.2 Å². The van der Waals surface area contributed by atoms with E-state index in [1.165, 1.54) is 0 Å². The zero-order chi connectivity index (χ0) is 10.6. The Balaban J connectivity index is 2.35. The van der Waals surface area contributed by atoms with Gasteiger partial charge in [-0.25, -0.2) is 4.79 Å². The molecule has 1 rings (SSSR count). The van der Waals surface area contributed by atoms with Crippen molar-refractivity contribution in [1.82, 2.24) is 9.13 Å². The Labute approximate surface area is 88.3 Å². The summed E-state index contributed by atoms with van der Waals surface area (Å²) in [7, 11) is 1.74. The van der Waals surface area contributed by atoms with Gasteiger partial charge in [0.2, 0.25) is 0 Å². The summed E-state index contributed by atoms with van der Waals surface area (Å²) in [5.74, 6) is 0. The van der Waals surface area contributed by atoms with Crippen LogP contribution in [0, 0.1) is 0 Å². The van der Waals surface area contributed by atoms with Crippen molar-refractivity contribution in [1.29, 1.82) is 0 Å². The van der Waals surface area contributed by atoms with Crippen LogP contribution in [0.2, 0.25) is 0 Å². The smallest absolute Gasteiger partial charge is 0.327 e. The Morgan fingerprint density at radius 1 is 1.50 bits per heavy atom. The maximum absolute atomic E-state index is 11.4. The van der Waals surface area contributed by atoms with Crippen molar-refractivity contribution in [3.05, 3.63) is 22.9 Å². The molecule has 0 unspecified atom stereocenters. The molecule has 0 fully saturated rings. The van der Waals surface area contributed by atoms with E-state index in [2.05, 4.69) is 0 Å². The fourth-order valence-electron chi connectivity index (χ4n) is 1.26. The molecule has 1 aromatic heterocycles. The largest absolute Gasteiger partial charge is 0.393 e. The molecule has 1 heterocycles. The van der Waals surface area contributed by atoms with E-state index in [4.69, 9.17) is 18.0 Å². The molecule has 14 heavy (non-hydrogen) atoms. The van der Waals surface area contributed by atoms with E-state index in [0.29, 0.717) is 4.99 Å². The Kier molecular flexibility index (Phi) is 3.88. The average molecular weight is 213 g/mol. The summed E-state index contributed by atoms with van der Waals surface area (Å²) in [6.45, 7) is 0.738. The monoisotopic (exact) mass is 213 g/mol. The Morgan fingerprint density at radius 2 is 2.21 bits per heavy atom. The molecule has 0 amide bonds. The molecule has 4 nitrogen and oxygen atoms in total. The summed E-state index contributed by atoms with van der Waals surface area (Å²) >= 11 is 4.76. The van der Waals surface area contributed by atoms with Gasteiger partial charge in [-0.3, -0.25) is 4.57 Å². The van der Waals surface area contributed by atoms with Crippen LogP contribution in [-0.2, 0) is 13.6 Å². The van der Waals surface area contributed by atoms with Crippen molar-refractivity contribution >= 4 is 17.2 Å². The van der Waals surface area contributed by atoms with Gasteiger partial charge < -0.3 is 10.3 Å². The highest BCUT2D eigenvalue weighted by atomic mass is 32.1. The number of nitrogens with zero attached hydrogens (tertiary/aromatic N) is 2. The number of unbranched alkanes of at least 4 members (excludes halogenated alkanes) is 1. The van der Waals surface area contributed by atoms with Crippen LogP contribution in [0.1, 0.15) is 19.3 Å². The highest BCUT2D eigenvalue weighted by Gasteiger charge is 1.98. The Morgan fingerprint density at radius 3 is 2.71 bits per heavy atom. The number of aryl methyl sites for hydroxylation is 2. The third kappa shape index (κ3) is 2.99. The highest BCUT2D eigenvalue weighted by Crippen LogP contribution is 1.97. The molecule has 0 bridgehead atoms. The molecule has 0 aromatic carbocycles. The maximum Gasteiger partial charge on any atom is 0.327 e. The zero-order valence-corrected chi connectivity index (χ0v) is 9.09. The van der Waals surface area contributed by atoms with Gasteiger partial charge in [0.15, 0.2) is 0 Å².